The summed E-state index contributed by atoms with van der Waals surface area (Å²) in [4.78, 5) is 46.0. The van der Waals surface area contributed by atoms with Gasteiger partial charge in [-0.25, -0.2) is 8.78 Å². The van der Waals surface area contributed by atoms with Gasteiger partial charge in [0.1, 0.15) is 23.7 Å². The standard InChI is InChI=1S/C41H42F2N8O5/c1-22-12-36(56-29-15-28-18-44-39-35(50(28)21-29)17-33(46-47-39)31-13-26(42)14-32(43)38(31)53)23(2)11-25(22)19-48-7-9-49(10-8-48)27-4-3-24-20-51(41(55)30(24)16-27)34-5-6-37(52)45-40(34)54/h3-4,11-14,16-17,28-29,34,53H,5-10,15,18-21H2,1-2H3,(H,44,47)(H,45,52,54)/t28-,29-,34?/m1/s1. The lowest BCUT2D eigenvalue weighted by Gasteiger charge is -2.36. The van der Waals surface area contributed by atoms with E-state index in [-0.39, 0.29) is 41.6 Å². The number of piperidine rings is 1. The van der Waals surface area contributed by atoms with E-state index in [1.54, 1.807) is 11.0 Å². The van der Waals surface area contributed by atoms with Gasteiger partial charge in [-0.3, -0.25) is 24.6 Å². The third-order valence-electron chi connectivity index (χ3n) is 11.8. The summed E-state index contributed by atoms with van der Waals surface area (Å²) in [5.41, 5.74) is 6.82. The Bertz CT molecular complexity index is 2280. The number of amides is 3. The highest BCUT2D eigenvalue weighted by Gasteiger charge is 2.40. The third kappa shape index (κ3) is 6.52. The van der Waals surface area contributed by atoms with Gasteiger partial charge in [0.2, 0.25) is 11.8 Å². The lowest BCUT2D eigenvalue weighted by molar-refractivity contribution is -0.136. The second-order valence-corrected chi connectivity index (χ2v) is 15.5. The average Bonchev–Trinajstić information content (AvgIpc) is 3.75. The maximum absolute atomic E-state index is 14.1. The van der Waals surface area contributed by atoms with Gasteiger partial charge in [0.05, 0.1) is 24.0 Å². The number of piperazine rings is 1. The van der Waals surface area contributed by atoms with Gasteiger partial charge in [0, 0.05) is 81.5 Å². The summed E-state index contributed by atoms with van der Waals surface area (Å²) in [5.74, 6) is -1.99. The van der Waals surface area contributed by atoms with Crippen molar-refractivity contribution in [2.75, 3.05) is 54.4 Å². The summed E-state index contributed by atoms with van der Waals surface area (Å²) in [6.45, 7) is 9.95. The topological polar surface area (TPSA) is 143 Å². The van der Waals surface area contributed by atoms with Crippen LogP contribution >= 0.6 is 0 Å². The Kier molecular flexibility index (Phi) is 8.98. The normalized spacial score (nSPS) is 22.1. The molecule has 4 aromatic rings. The van der Waals surface area contributed by atoms with Crippen molar-refractivity contribution in [3.63, 3.8) is 0 Å². The van der Waals surface area contributed by atoms with Crippen molar-refractivity contribution >= 4 is 34.9 Å². The molecule has 3 saturated heterocycles. The fourth-order valence-corrected chi connectivity index (χ4v) is 8.75. The van der Waals surface area contributed by atoms with Crippen LogP contribution in [0.2, 0.25) is 0 Å². The molecule has 6 heterocycles. The average molecular weight is 765 g/mol. The van der Waals surface area contributed by atoms with Crippen LogP contribution in [0, 0.1) is 25.5 Å². The summed E-state index contributed by atoms with van der Waals surface area (Å²) < 4.78 is 34.8. The van der Waals surface area contributed by atoms with Crippen molar-refractivity contribution in [3.05, 3.63) is 88.0 Å². The van der Waals surface area contributed by atoms with Crippen molar-refractivity contribution in [1.29, 1.82) is 0 Å². The summed E-state index contributed by atoms with van der Waals surface area (Å²) in [6, 6.07) is 13.2. The van der Waals surface area contributed by atoms with Crippen LogP contribution in [0.3, 0.4) is 0 Å². The molecule has 13 nitrogen and oxygen atoms in total. The number of aromatic nitrogens is 2. The molecule has 15 heteroatoms. The van der Waals surface area contributed by atoms with Gasteiger partial charge >= 0.3 is 0 Å². The van der Waals surface area contributed by atoms with E-state index in [0.717, 1.165) is 79.0 Å². The van der Waals surface area contributed by atoms with Crippen LogP contribution in [0.4, 0.5) is 26.0 Å². The monoisotopic (exact) mass is 764 g/mol. The molecule has 0 saturated carbocycles. The molecule has 9 rings (SSSR count). The number of hydrogen-bond acceptors (Lipinski definition) is 11. The molecule has 3 aromatic carbocycles. The lowest BCUT2D eigenvalue weighted by atomic mass is 10.0. The van der Waals surface area contributed by atoms with E-state index in [1.165, 1.54) is 5.56 Å². The van der Waals surface area contributed by atoms with Crippen LogP contribution in [0.25, 0.3) is 11.3 Å². The predicted molar refractivity (Wildman–Crippen MR) is 204 cm³/mol. The second-order valence-electron chi connectivity index (χ2n) is 15.5. The van der Waals surface area contributed by atoms with Crippen LogP contribution in [-0.2, 0) is 22.7 Å². The largest absolute Gasteiger partial charge is 0.504 e. The molecule has 0 aliphatic carbocycles. The first-order valence-corrected chi connectivity index (χ1v) is 19.1. The van der Waals surface area contributed by atoms with Crippen molar-refractivity contribution in [2.24, 2.45) is 0 Å². The first-order valence-electron chi connectivity index (χ1n) is 19.1. The molecule has 5 aliphatic rings. The number of nitrogens with zero attached hydrogens (tertiary/aromatic N) is 6. The number of rotatable bonds is 7. The number of phenolic OH excluding ortho intramolecular Hbond substituents is 1. The van der Waals surface area contributed by atoms with Gasteiger partial charge in [0.25, 0.3) is 5.91 Å². The number of nitrogens with one attached hydrogen (secondary N) is 2. The van der Waals surface area contributed by atoms with Crippen molar-refractivity contribution < 1.29 is 33.0 Å². The minimum Gasteiger partial charge on any atom is -0.504 e. The number of hydrogen-bond donors (Lipinski definition) is 3. The number of fused-ring (bicyclic) bond motifs is 4. The molecule has 56 heavy (non-hydrogen) atoms. The van der Waals surface area contributed by atoms with Gasteiger partial charge in [-0.15, -0.1) is 10.2 Å². The molecule has 0 radical (unpaired) electrons. The Morgan fingerprint density at radius 1 is 0.929 bits per heavy atom. The zero-order chi connectivity index (χ0) is 38.8. The molecule has 0 bridgehead atoms. The number of imide groups is 1. The summed E-state index contributed by atoms with van der Waals surface area (Å²) >= 11 is 0. The van der Waals surface area contributed by atoms with Gasteiger partial charge < -0.3 is 29.9 Å². The number of ether oxygens (including phenoxy) is 1. The maximum atomic E-state index is 14.1. The zero-order valence-corrected chi connectivity index (χ0v) is 31.1. The number of aromatic hydroxyl groups is 1. The van der Waals surface area contributed by atoms with Crippen LogP contribution in [0.1, 0.15) is 51.9 Å². The number of carbonyl (C=O) groups is 3. The fraction of sp³-hybridized carbons (Fsp3) is 0.390. The SMILES string of the molecule is Cc1cc(O[C@@H]2C[C@@H]3CNc4nnc(-c5cc(F)cc(F)c5O)cc4N3C2)c(C)cc1CN1CCN(c2ccc3c(c2)C(=O)N(C2CCC(=O)NC2=O)C3)CC1. The molecule has 1 aromatic heterocycles. The zero-order valence-electron chi connectivity index (χ0n) is 31.1. The van der Waals surface area contributed by atoms with E-state index in [0.29, 0.717) is 43.5 Å². The van der Waals surface area contributed by atoms with E-state index in [9.17, 15) is 28.3 Å². The lowest BCUT2D eigenvalue weighted by Crippen LogP contribution is -2.52. The molecule has 3 atom stereocenters. The van der Waals surface area contributed by atoms with Crippen LogP contribution in [0.5, 0.6) is 11.5 Å². The number of phenols is 1. The number of halogens is 2. The van der Waals surface area contributed by atoms with E-state index in [4.69, 9.17) is 4.74 Å². The van der Waals surface area contributed by atoms with Gasteiger partial charge in [0.15, 0.2) is 17.4 Å². The Morgan fingerprint density at radius 2 is 1.75 bits per heavy atom. The Labute approximate surface area is 322 Å². The first kappa shape index (κ1) is 35.8. The van der Waals surface area contributed by atoms with Gasteiger partial charge in [-0.2, -0.15) is 0 Å². The fourth-order valence-electron chi connectivity index (χ4n) is 8.75. The molecule has 0 spiro atoms. The highest BCUT2D eigenvalue weighted by molar-refractivity contribution is 6.05. The van der Waals surface area contributed by atoms with Crippen LogP contribution < -0.4 is 25.2 Å². The number of carbonyl (C=O) groups excluding carboxylic acids is 3. The van der Waals surface area contributed by atoms with E-state index in [1.807, 2.05) is 12.1 Å². The highest BCUT2D eigenvalue weighted by atomic mass is 19.1. The van der Waals surface area contributed by atoms with Gasteiger partial charge in [-0.05, 0) is 72.9 Å². The van der Waals surface area contributed by atoms with Crippen LogP contribution in [-0.4, -0.2) is 100 Å². The smallest absolute Gasteiger partial charge is 0.255 e. The van der Waals surface area contributed by atoms with Gasteiger partial charge in [-0.1, -0.05) is 12.1 Å². The Hall–Kier alpha value is -5.83. The second kappa shape index (κ2) is 14.0. The number of benzene rings is 3. The maximum Gasteiger partial charge on any atom is 0.255 e. The molecule has 290 valence electrons. The minimum atomic E-state index is -1.06. The summed E-state index contributed by atoms with van der Waals surface area (Å²) in [6.07, 6.45) is 1.25. The quantitative estimate of drug-likeness (QED) is 0.232. The molecule has 3 N–H and O–H groups in total. The van der Waals surface area contributed by atoms with E-state index in [2.05, 4.69) is 67.6 Å². The highest BCUT2D eigenvalue weighted by Crippen LogP contribution is 2.40. The Morgan fingerprint density at radius 3 is 2.55 bits per heavy atom. The summed E-state index contributed by atoms with van der Waals surface area (Å²) in [5, 5.41) is 24.4. The van der Waals surface area contributed by atoms with E-state index >= 15 is 0 Å². The van der Waals surface area contributed by atoms with Crippen molar-refractivity contribution in [1.82, 2.24) is 25.3 Å². The predicted octanol–water partition coefficient (Wildman–Crippen LogP) is 4.28. The first-order chi connectivity index (χ1) is 27.0. The molecule has 5 aliphatic heterocycles. The molecular formula is C41H42F2N8O5. The van der Waals surface area contributed by atoms with Crippen molar-refractivity contribution in [2.45, 2.75) is 64.4 Å². The van der Waals surface area contributed by atoms with Crippen molar-refractivity contribution in [3.8, 4) is 22.8 Å². The number of aryl methyl sites for hydroxylation is 2. The molecule has 3 fully saturated rings. The minimum absolute atomic E-state index is 0.0571. The summed E-state index contributed by atoms with van der Waals surface area (Å²) in [7, 11) is 0. The van der Waals surface area contributed by atoms with Crippen LogP contribution in [0.15, 0.2) is 48.5 Å². The molecular weight excluding hydrogens is 722 g/mol. The number of anilines is 3. The molecule has 3 amide bonds. The Balaban J connectivity index is 0.816. The third-order valence-corrected chi connectivity index (χ3v) is 11.8. The van der Waals surface area contributed by atoms with E-state index < -0.39 is 29.3 Å². The molecule has 1 unspecified atom stereocenters.